The van der Waals surface area contributed by atoms with Crippen LogP contribution in [0.15, 0.2) is 28.3 Å². The first-order chi connectivity index (χ1) is 15.7. The number of carbonyl (C=O) groups is 3. The molecule has 1 saturated carbocycles. The van der Waals surface area contributed by atoms with Gasteiger partial charge in [-0.15, -0.1) is 0 Å². The SMILES string of the molecule is CN1CCN(S(=O)(=O)c2ccc(SCC(=O)NN3C(=O)NC4(CCCCC4)C3=O)nc2)CC1. The van der Waals surface area contributed by atoms with Gasteiger partial charge in [-0.05, 0) is 32.0 Å². The number of hydrogen-bond acceptors (Lipinski definition) is 8. The summed E-state index contributed by atoms with van der Waals surface area (Å²) in [4.78, 5) is 43.7. The topological polar surface area (TPSA) is 132 Å². The Bertz CT molecular complexity index is 1020. The van der Waals surface area contributed by atoms with E-state index in [4.69, 9.17) is 0 Å². The second-order valence-electron chi connectivity index (χ2n) is 8.58. The number of piperazine rings is 1. The van der Waals surface area contributed by atoms with E-state index < -0.39 is 33.4 Å². The van der Waals surface area contributed by atoms with Gasteiger partial charge < -0.3 is 10.2 Å². The Morgan fingerprint density at radius 3 is 2.48 bits per heavy atom. The molecule has 0 aromatic carbocycles. The van der Waals surface area contributed by atoms with Gasteiger partial charge >= 0.3 is 6.03 Å². The molecule has 3 aliphatic rings. The smallest absolute Gasteiger partial charge is 0.322 e. The molecule has 1 aliphatic carbocycles. The van der Waals surface area contributed by atoms with Gasteiger partial charge in [-0.1, -0.05) is 31.0 Å². The van der Waals surface area contributed by atoms with Gasteiger partial charge in [0.1, 0.15) is 10.4 Å². The number of pyridine rings is 1. The summed E-state index contributed by atoms with van der Waals surface area (Å²) < 4.78 is 27.0. The molecule has 1 aromatic heterocycles. The summed E-state index contributed by atoms with van der Waals surface area (Å²) in [7, 11) is -1.66. The number of likely N-dealkylation sites (N-methyl/N-ethyl adjacent to an activating group) is 1. The zero-order chi connectivity index (χ0) is 23.6. The Morgan fingerprint density at radius 2 is 1.85 bits per heavy atom. The highest BCUT2D eigenvalue weighted by molar-refractivity contribution is 7.99. The predicted molar refractivity (Wildman–Crippen MR) is 121 cm³/mol. The number of thioether (sulfide) groups is 1. The van der Waals surface area contributed by atoms with E-state index in [1.165, 1.54) is 16.6 Å². The summed E-state index contributed by atoms with van der Waals surface area (Å²) in [5.74, 6) is -1.02. The van der Waals surface area contributed by atoms with E-state index in [2.05, 4.69) is 20.6 Å². The third kappa shape index (κ3) is 5.00. The summed E-state index contributed by atoms with van der Waals surface area (Å²) >= 11 is 1.09. The fourth-order valence-electron chi connectivity index (χ4n) is 4.29. The van der Waals surface area contributed by atoms with Crippen LogP contribution in [0.1, 0.15) is 32.1 Å². The van der Waals surface area contributed by atoms with E-state index in [0.717, 1.165) is 36.0 Å². The van der Waals surface area contributed by atoms with Crippen molar-refractivity contribution < 1.29 is 22.8 Å². The van der Waals surface area contributed by atoms with Crippen molar-refractivity contribution in [2.24, 2.45) is 0 Å². The molecular weight excluding hydrogens is 468 g/mol. The average Bonchev–Trinajstić information content (AvgIpc) is 3.02. The third-order valence-electron chi connectivity index (χ3n) is 6.27. The first-order valence-corrected chi connectivity index (χ1v) is 13.4. The molecule has 0 bridgehead atoms. The molecule has 2 N–H and O–H groups in total. The third-order valence-corrected chi connectivity index (χ3v) is 9.09. The highest BCUT2D eigenvalue weighted by Gasteiger charge is 2.52. The maximum absolute atomic E-state index is 12.8. The Balaban J connectivity index is 1.31. The lowest BCUT2D eigenvalue weighted by Gasteiger charge is -2.31. The molecule has 0 atom stereocenters. The Morgan fingerprint density at radius 1 is 1.15 bits per heavy atom. The molecule has 2 saturated heterocycles. The molecule has 4 rings (SSSR count). The quantitative estimate of drug-likeness (QED) is 0.427. The van der Waals surface area contributed by atoms with Crippen LogP contribution in [0, 0.1) is 0 Å². The summed E-state index contributed by atoms with van der Waals surface area (Å²) in [5, 5.41) is 3.97. The van der Waals surface area contributed by atoms with E-state index >= 15 is 0 Å². The van der Waals surface area contributed by atoms with Crippen LogP contribution in [0.25, 0.3) is 0 Å². The molecule has 4 amide bonds. The zero-order valence-corrected chi connectivity index (χ0v) is 20.1. The number of hydrazine groups is 1. The highest BCUT2D eigenvalue weighted by Crippen LogP contribution is 2.33. The first-order valence-electron chi connectivity index (χ1n) is 10.9. The van der Waals surface area contributed by atoms with Crippen molar-refractivity contribution in [3.63, 3.8) is 0 Å². The highest BCUT2D eigenvalue weighted by atomic mass is 32.2. The molecule has 2 aliphatic heterocycles. The molecule has 0 radical (unpaired) electrons. The number of nitrogens with one attached hydrogen (secondary N) is 2. The number of aromatic nitrogens is 1. The van der Waals surface area contributed by atoms with Crippen molar-refractivity contribution in [2.75, 3.05) is 39.0 Å². The number of sulfonamides is 1. The van der Waals surface area contributed by atoms with Crippen LogP contribution >= 0.6 is 11.8 Å². The van der Waals surface area contributed by atoms with Crippen LogP contribution < -0.4 is 10.7 Å². The average molecular weight is 497 g/mol. The van der Waals surface area contributed by atoms with Gasteiger partial charge in [-0.3, -0.25) is 15.0 Å². The predicted octanol–water partition coefficient (Wildman–Crippen LogP) is 0.396. The minimum Gasteiger partial charge on any atom is -0.322 e. The molecule has 0 unspecified atom stereocenters. The van der Waals surface area contributed by atoms with Gasteiger partial charge in [-0.25, -0.2) is 18.2 Å². The fraction of sp³-hybridized carbons (Fsp3) is 0.600. The Labute approximate surface area is 197 Å². The fourth-order valence-corrected chi connectivity index (χ4v) is 6.30. The molecule has 33 heavy (non-hydrogen) atoms. The van der Waals surface area contributed by atoms with Gasteiger partial charge in [0, 0.05) is 32.4 Å². The normalized spacial score (nSPS) is 21.9. The maximum Gasteiger partial charge on any atom is 0.344 e. The van der Waals surface area contributed by atoms with Gasteiger partial charge in [0.05, 0.1) is 10.8 Å². The van der Waals surface area contributed by atoms with Crippen LogP contribution in [0.5, 0.6) is 0 Å². The van der Waals surface area contributed by atoms with Crippen molar-refractivity contribution >= 4 is 39.6 Å². The van der Waals surface area contributed by atoms with Crippen LogP contribution in [0.4, 0.5) is 4.79 Å². The van der Waals surface area contributed by atoms with E-state index in [-0.39, 0.29) is 10.6 Å². The number of amides is 4. The van der Waals surface area contributed by atoms with Crippen molar-refractivity contribution in [3.05, 3.63) is 18.3 Å². The Kier molecular flexibility index (Phi) is 6.93. The monoisotopic (exact) mass is 496 g/mol. The minimum atomic E-state index is -3.61. The number of carbonyl (C=O) groups excluding carboxylic acids is 3. The lowest BCUT2D eigenvalue weighted by molar-refractivity contribution is -0.139. The molecule has 3 heterocycles. The minimum absolute atomic E-state index is 0.0817. The van der Waals surface area contributed by atoms with Gasteiger partial charge in [0.25, 0.3) is 5.91 Å². The molecule has 13 heteroatoms. The van der Waals surface area contributed by atoms with Gasteiger partial charge in [0.2, 0.25) is 15.9 Å². The molecule has 1 aromatic rings. The molecular formula is C20H28N6O5S2. The zero-order valence-electron chi connectivity index (χ0n) is 18.4. The van der Waals surface area contributed by atoms with Crippen molar-refractivity contribution in [3.8, 4) is 0 Å². The van der Waals surface area contributed by atoms with Crippen molar-refractivity contribution in [1.29, 1.82) is 0 Å². The lowest BCUT2D eigenvalue weighted by atomic mass is 9.82. The van der Waals surface area contributed by atoms with Gasteiger partial charge in [-0.2, -0.15) is 9.31 Å². The summed E-state index contributed by atoms with van der Waals surface area (Å²) in [5.41, 5.74) is 1.48. The largest absolute Gasteiger partial charge is 0.344 e. The lowest BCUT2D eigenvalue weighted by Crippen LogP contribution is -2.51. The van der Waals surface area contributed by atoms with E-state index in [1.807, 2.05) is 7.05 Å². The second kappa shape index (κ2) is 9.57. The van der Waals surface area contributed by atoms with Crippen molar-refractivity contribution in [2.45, 2.75) is 47.6 Å². The van der Waals surface area contributed by atoms with E-state index in [9.17, 15) is 22.8 Å². The first kappa shape index (κ1) is 23.9. The Hall–Kier alpha value is -2.22. The molecule has 1 spiro atoms. The molecule has 180 valence electrons. The summed E-state index contributed by atoms with van der Waals surface area (Å²) in [6.07, 6.45) is 5.18. The molecule has 11 nitrogen and oxygen atoms in total. The van der Waals surface area contributed by atoms with Crippen LogP contribution in [-0.2, 0) is 19.6 Å². The van der Waals surface area contributed by atoms with Gasteiger partial charge in [0.15, 0.2) is 0 Å². The number of imide groups is 1. The second-order valence-corrected chi connectivity index (χ2v) is 11.5. The van der Waals surface area contributed by atoms with Crippen molar-refractivity contribution in [1.82, 2.24) is 29.9 Å². The number of urea groups is 1. The van der Waals surface area contributed by atoms with Crippen LogP contribution in [-0.4, -0.2) is 90.0 Å². The van der Waals surface area contributed by atoms with Crippen LogP contribution in [0.3, 0.4) is 0 Å². The number of nitrogens with zero attached hydrogens (tertiary/aromatic N) is 4. The number of hydrogen-bond donors (Lipinski definition) is 2. The maximum atomic E-state index is 12.8. The number of rotatable bonds is 6. The summed E-state index contributed by atoms with van der Waals surface area (Å²) in [6.45, 7) is 2.21. The molecule has 3 fully saturated rings. The van der Waals surface area contributed by atoms with Crippen LogP contribution in [0.2, 0.25) is 0 Å². The summed E-state index contributed by atoms with van der Waals surface area (Å²) in [6, 6.07) is 2.41. The standard InChI is InChI=1S/C20H28N6O5S2/c1-24-9-11-25(12-10-24)33(30,31)15-5-6-17(21-13-15)32-14-16(27)23-26-18(28)20(22-19(26)29)7-3-2-4-8-20/h5-6,13H,2-4,7-12,14H2,1H3,(H,22,29)(H,23,27). The van der Waals surface area contributed by atoms with E-state index in [0.29, 0.717) is 44.0 Å². The van der Waals surface area contributed by atoms with E-state index in [1.54, 1.807) is 6.07 Å².